The number of anilines is 2. The third kappa shape index (κ3) is 6.55. The van der Waals surface area contributed by atoms with Crippen LogP contribution in [0.15, 0.2) is 66.7 Å². The molecule has 0 aliphatic carbocycles. The lowest BCUT2D eigenvalue weighted by molar-refractivity contribution is 0.0343. The number of rotatable bonds is 8. The normalized spacial score (nSPS) is 18.7. The molecule has 0 fully saturated rings. The Morgan fingerprint density at radius 2 is 1.85 bits per heavy atom. The van der Waals surface area contributed by atoms with E-state index in [1.165, 1.54) is 5.56 Å². The molecule has 3 aromatic rings. The van der Waals surface area contributed by atoms with E-state index in [0.717, 1.165) is 6.54 Å². The number of hydrogen-bond acceptors (Lipinski definition) is 7. The summed E-state index contributed by atoms with van der Waals surface area (Å²) >= 11 is 0. The van der Waals surface area contributed by atoms with E-state index >= 15 is 0 Å². The molecule has 3 N–H and O–H groups in total. The fraction of sp³-hybridized carbons (Fsp3) is 0.355. The molecule has 0 unspecified atom stereocenters. The van der Waals surface area contributed by atoms with Crippen LogP contribution < -0.4 is 24.8 Å². The number of aliphatic hydroxyl groups is 1. The second-order valence-electron chi connectivity index (χ2n) is 10.6. The van der Waals surface area contributed by atoms with Gasteiger partial charge in [0.1, 0.15) is 6.10 Å². The van der Waals surface area contributed by atoms with Crippen LogP contribution in [-0.4, -0.2) is 72.5 Å². The largest absolute Gasteiger partial charge is 0.486 e. The Kier molecular flexibility index (Phi) is 8.61. The number of carbonyl (C=O) groups is 2. The van der Waals surface area contributed by atoms with Crippen molar-refractivity contribution in [2.45, 2.75) is 32.5 Å². The number of benzene rings is 3. The van der Waals surface area contributed by atoms with E-state index in [1.54, 1.807) is 41.3 Å². The van der Waals surface area contributed by atoms with Crippen LogP contribution in [0.2, 0.25) is 0 Å². The van der Waals surface area contributed by atoms with Crippen molar-refractivity contribution in [3.8, 4) is 17.2 Å². The summed E-state index contributed by atoms with van der Waals surface area (Å²) in [6.45, 7) is 5.58. The standard InChI is InChI=1S/C31H36N4O6/c1-20-15-35(21(2)18-36)30(37)24-10-7-11-25(33-31(38)32-23-12-13-26-27(14-23)40-19-39-26)29(24)41-28(20)17-34(3)16-22-8-5-4-6-9-22/h4-14,20-21,28,36H,15-19H2,1-3H3,(H2,32,33,38)/t20-,21+,28-/m1/s1. The first kappa shape index (κ1) is 28.3. The van der Waals surface area contributed by atoms with Crippen LogP contribution in [-0.2, 0) is 6.54 Å². The zero-order valence-electron chi connectivity index (χ0n) is 23.5. The molecule has 3 atom stereocenters. The van der Waals surface area contributed by atoms with Crippen molar-refractivity contribution < 1.29 is 28.9 Å². The summed E-state index contributed by atoms with van der Waals surface area (Å²) in [7, 11) is 2.03. The maximum absolute atomic E-state index is 13.7. The minimum atomic E-state index is -0.498. The van der Waals surface area contributed by atoms with Crippen LogP contribution in [0.5, 0.6) is 17.2 Å². The molecule has 0 spiro atoms. The Morgan fingerprint density at radius 3 is 2.63 bits per heavy atom. The summed E-state index contributed by atoms with van der Waals surface area (Å²) in [6, 6.07) is 19.5. The molecule has 0 bridgehead atoms. The lowest BCUT2D eigenvalue weighted by Crippen LogP contribution is -2.49. The number of hydrogen-bond donors (Lipinski definition) is 3. The number of urea groups is 1. The molecule has 5 rings (SSSR count). The number of likely N-dealkylation sites (N-methyl/N-ethyl adjacent to an activating group) is 1. The Balaban J connectivity index is 1.41. The highest BCUT2D eigenvalue weighted by molar-refractivity contribution is 6.04. The Labute approximate surface area is 239 Å². The minimum absolute atomic E-state index is 0.0603. The van der Waals surface area contributed by atoms with Crippen LogP contribution in [0.25, 0.3) is 0 Å². The molecule has 10 nitrogen and oxygen atoms in total. The van der Waals surface area contributed by atoms with Gasteiger partial charge >= 0.3 is 6.03 Å². The SMILES string of the molecule is C[C@@H]1CN([C@@H](C)CO)C(=O)c2cccc(NC(=O)Nc3ccc4c(c3)OCO4)c2O[C@@H]1CN(C)Cc1ccccc1. The van der Waals surface area contributed by atoms with E-state index in [0.29, 0.717) is 47.3 Å². The van der Waals surface area contributed by atoms with Crippen LogP contribution in [0.1, 0.15) is 29.8 Å². The molecule has 3 aromatic carbocycles. The van der Waals surface area contributed by atoms with Gasteiger partial charge in [0.05, 0.1) is 23.9 Å². The smallest absolute Gasteiger partial charge is 0.323 e. The van der Waals surface area contributed by atoms with Gasteiger partial charge in [-0.25, -0.2) is 4.79 Å². The molecule has 2 heterocycles. The number of carbonyl (C=O) groups excluding carboxylic acids is 2. The van der Waals surface area contributed by atoms with Crippen molar-refractivity contribution in [3.63, 3.8) is 0 Å². The summed E-state index contributed by atoms with van der Waals surface area (Å²) in [5.74, 6) is 1.15. The zero-order valence-corrected chi connectivity index (χ0v) is 23.5. The Morgan fingerprint density at radius 1 is 1.07 bits per heavy atom. The van der Waals surface area contributed by atoms with E-state index < -0.39 is 6.03 Å². The second-order valence-corrected chi connectivity index (χ2v) is 10.6. The minimum Gasteiger partial charge on any atom is -0.486 e. The summed E-state index contributed by atoms with van der Waals surface area (Å²) < 4.78 is 17.3. The van der Waals surface area contributed by atoms with Gasteiger partial charge in [0, 0.05) is 37.3 Å². The van der Waals surface area contributed by atoms with Crippen molar-refractivity contribution in [2.75, 3.05) is 44.2 Å². The van der Waals surface area contributed by atoms with E-state index in [4.69, 9.17) is 14.2 Å². The molecule has 0 aromatic heterocycles. The van der Waals surface area contributed by atoms with Gasteiger partial charge in [-0.15, -0.1) is 0 Å². The summed E-state index contributed by atoms with van der Waals surface area (Å²) in [6.07, 6.45) is -0.302. The average molecular weight is 561 g/mol. The predicted octanol–water partition coefficient (Wildman–Crippen LogP) is 4.41. The number of ether oxygens (including phenoxy) is 3. The average Bonchev–Trinajstić information content (AvgIpc) is 3.43. The first-order valence-corrected chi connectivity index (χ1v) is 13.7. The van der Waals surface area contributed by atoms with Crippen LogP contribution in [0.3, 0.4) is 0 Å². The van der Waals surface area contributed by atoms with E-state index in [2.05, 4.69) is 27.7 Å². The Hall–Kier alpha value is -4.28. The maximum atomic E-state index is 13.7. The van der Waals surface area contributed by atoms with Crippen molar-refractivity contribution in [3.05, 3.63) is 77.9 Å². The number of aliphatic hydroxyl groups excluding tert-OH is 1. The van der Waals surface area contributed by atoms with Crippen molar-refractivity contribution in [2.24, 2.45) is 5.92 Å². The molecule has 10 heteroatoms. The highest BCUT2D eigenvalue weighted by Gasteiger charge is 2.34. The first-order valence-electron chi connectivity index (χ1n) is 13.7. The molecular weight excluding hydrogens is 524 g/mol. The topological polar surface area (TPSA) is 113 Å². The van der Waals surface area contributed by atoms with Gasteiger partial charge in [-0.1, -0.05) is 43.3 Å². The second kappa shape index (κ2) is 12.5. The third-order valence-corrected chi connectivity index (χ3v) is 7.36. The van der Waals surface area contributed by atoms with Crippen molar-refractivity contribution in [1.82, 2.24) is 9.80 Å². The highest BCUT2D eigenvalue weighted by Crippen LogP contribution is 2.36. The number of nitrogens with zero attached hydrogens (tertiary/aromatic N) is 2. The number of nitrogens with one attached hydrogen (secondary N) is 2. The Bertz CT molecular complexity index is 1380. The van der Waals surface area contributed by atoms with Crippen molar-refractivity contribution >= 4 is 23.3 Å². The summed E-state index contributed by atoms with van der Waals surface area (Å²) in [5.41, 5.74) is 2.41. The predicted molar refractivity (Wildman–Crippen MR) is 156 cm³/mol. The van der Waals surface area contributed by atoms with Crippen LogP contribution in [0.4, 0.5) is 16.2 Å². The monoisotopic (exact) mass is 560 g/mol. The van der Waals surface area contributed by atoms with Gasteiger partial charge in [0.2, 0.25) is 6.79 Å². The lowest BCUT2D eigenvalue weighted by atomic mass is 9.99. The number of fused-ring (bicyclic) bond motifs is 2. The van der Waals surface area contributed by atoms with Gasteiger partial charge in [-0.2, -0.15) is 0 Å². The fourth-order valence-corrected chi connectivity index (χ4v) is 5.09. The molecule has 3 amide bonds. The van der Waals surface area contributed by atoms with E-state index in [9.17, 15) is 14.7 Å². The van der Waals surface area contributed by atoms with E-state index in [1.807, 2.05) is 39.1 Å². The van der Waals surface area contributed by atoms with Gasteiger partial charge in [0.15, 0.2) is 17.2 Å². The van der Waals surface area contributed by atoms with Gasteiger partial charge < -0.3 is 34.9 Å². The number of amides is 3. The third-order valence-electron chi connectivity index (χ3n) is 7.36. The van der Waals surface area contributed by atoms with Gasteiger partial charge in [-0.3, -0.25) is 9.69 Å². The molecule has 0 radical (unpaired) electrons. The molecule has 41 heavy (non-hydrogen) atoms. The zero-order chi connectivity index (χ0) is 28.9. The molecule has 0 saturated heterocycles. The fourth-order valence-electron chi connectivity index (χ4n) is 5.09. The van der Waals surface area contributed by atoms with Crippen LogP contribution in [0, 0.1) is 5.92 Å². The maximum Gasteiger partial charge on any atom is 0.323 e. The molecule has 216 valence electrons. The lowest BCUT2D eigenvalue weighted by Gasteiger charge is -2.38. The molecule has 2 aliphatic rings. The summed E-state index contributed by atoms with van der Waals surface area (Å²) in [5, 5.41) is 15.6. The number of para-hydroxylation sites is 1. The highest BCUT2D eigenvalue weighted by atomic mass is 16.7. The molecule has 0 saturated carbocycles. The quantitative estimate of drug-likeness (QED) is 0.374. The first-order chi connectivity index (χ1) is 19.8. The van der Waals surface area contributed by atoms with Crippen molar-refractivity contribution in [1.29, 1.82) is 0 Å². The van der Waals surface area contributed by atoms with Gasteiger partial charge in [-0.05, 0) is 43.8 Å². The molecule has 2 aliphatic heterocycles. The van der Waals surface area contributed by atoms with Crippen LogP contribution >= 0.6 is 0 Å². The summed E-state index contributed by atoms with van der Waals surface area (Å²) in [4.78, 5) is 30.6. The molecular formula is C31H36N4O6. The van der Waals surface area contributed by atoms with Gasteiger partial charge in [0.25, 0.3) is 5.91 Å². The van der Waals surface area contributed by atoms with E-state index in [-0.39, 0.29) is 37.4 Å².